The lowest BCUT2D eigenvalue weighted by Crippen LogP contribution is -2.53. The van der Waals surface area contributed by atoms with Crippen molar-refractivity contribution in [2.75, 3.05) is 6.61 Å². The Labute approximate surface area is 217 Å². The fourth-order valence-corrected chi connectivity index (χ4v) is 7.54. The highest BCUT2D eigenvalue weighted by atomic mass is 32.2. The van der Waals surface area contributed by atoms with E-state index in [2.05, 4.69) is 38.2 Å². The molecule has 2 aliphatic rings. The molecule has 5 nitrogen and oxygen atoms in total. The predicted molar refractivity (Wildman–Crippen MR) is 146 cm³/mol. The van der Waals surface area contributed by atoms with E-state index in [9.17, 15) is 14.7 Å². The molecule has 0 spiro atoms. The van der Waals surface area contributed by atoms with Crippen molar-refractivity contribution in [2.24, 2.45) is 16.7 Å². The standard InChI is InChI=1S/C30H36N2O3S/c1-29(2)20-13-14-30(3,18-20)28(29)31-27(35)24-19-32(15-7-8-16-33)25-17-22(11-12-23(25)26(24)34)36-21-9-5-4-6-10-21/h4-6,9-12,17,19-20,28,33H,7-8,13-16,18H2,1-3H3,(H,31,35)/t20?,28-,30-/m1/s1. The summed E-state index contributed by atoms with van der Waals surface area (Å²) in [7, 11) is 0. The van der Waals surface area contributed by atoms with Crippen LogP contribution in [0, 0.1) is 16.7 Å². The average molecular weight is 505 g/mol. The fourth-order valence-electron chi connectivity index (χ4n) is 6.67. The summed E-state index contributed by atoms with van der Waals surface area (Å²) in [4.78, 5) is 29.3. The number of nitrogens with one attached hydrogen (secondary N) is 1. The molecular weight excluding hydrogens is 468 g/mol. The zero-order chi connectivity index (χ0) is 25.5. The molecule has 1 aromatic heterocycles. The van der Waals surface area contributed by atoms with E-state index in [0.717, 1.165) is 34.6 Å². The smallest absolute Gasteiger partial charge is 0.257 e. The lowest BCUT2D eigenvalue weighted by Gasteiger charge is -2.43. The Morgan fingerprint density at radius 1 is 1.11 bits per heavy atom. The first kappa shape index (κ1) is 25.1. The Morgan fingerprint density at radius 2 is 1.89 bits per heavy atom. The molecule has 2 aromatic carbocycles. The molecule has 0 aliphatic heterocycles. The molecule has 0 saturated heterocycles. The Kier molecular flexibility index (Phi) is 6.77. The third-order valence-electron chi connectivity index (χ3n) is 8.63. The maximum absolute atomic E-state index is 13.6. The molecule has 2 fully saturated rings. The second kappa shape index (κ2) is 9.71. The molecule has 2 N–H and O–H groups in total. The number of nitrogens with zero attached hydrogens (tertiary/aromatic N) is 1. The number of amides is 1. The summed E-state index contributed by atoms with van der Waals surface area (Å²) in [5, 5.41) is 13.2. The molecule has 2 bridgehead atoms. The highest BCUT2D eigenvalue weighted by molar-refractivity contribution is 7.99. The van der Waals surface area contributed by atoms with Crippen LogP contribution in [-0.2, 0) is 6.54 Å². The van der Waals surface area contributed by atoms with Crippen LogP contribution < -0.4 is 10.7 Å². The molecule has 36 heavy (non-hydrogen) atoms. The Bertz CT molecular complexity index is 1330. The van der Waals surface area contributed by atoms with Crippen LogP contribution >= 0.6 is 11.8 Å². The van der Waals surface area contributed by atoms with E-state index < -0.39 is 0 Å². The molecule has 3 aromatic rings. The average Bonchev–Trinajstić information content (AvgIpc) is 3.35. The maximum atomic E-state index is 13.6. The first-order valence-electron chi connectivity index (χ1n) is 13.0. The van der Waals surface area contributed by atoms with Crippen molar-refractivity contribution in [1.82, 2.24) is 9.88 Å². The van der Waals surface area contributed by atoms with Gasteiger partial charge >= 0.3 is 0 Å². The SMILES string of the molecule is CC1(C)C2CC[C@](C)(C2)[C@@H]1NC(=O)c1cn(CCCCO)c2cc(Sc3ccccc3)ccc2c1=O. The van der Waals surface area contributed by atoms with E-state index >= 15 is 0 Å². The van der Waals surface area contributed by atoms with Crippen LogP contribution in [0.15, 0.2) is 69.3 Å². The van der Waals surface area contributed by atoms with Crippen molar-refractivity contribution in [2.45, 2.75) is 75.3 Å². The summed E-state index contributed by atoms with van der Waals surface area (Å²) in [6.45, 7) is 7.55. The number of carbonyl (C=O) groups excluding carboxylic acids is 1. The second-order valence-corrected chi connectivity index (χ2v) is 12.6. The number of aryl methyl sites for hydroxylation is 1. The van der Waals surface area contributed by atoms with Gasteiger partial charge in [-0.3, -0.25) is 9.59 Å². The third-order valence-corrected chi connectivity index (χ3v) is 9.63. The number of pyridine rings is 1. The number of aliphatic hydroxyl groups is 1. The quantitative estimate of drug-likeness (QED) is 0.377. The number of hydrogen-bond acceptors (Lipinski definition) is 4. The predicted octanol–water partition coefficient (Wildman–Crippen LogP) is 5.87. The van der Waals surface area contributed by atoms with E-state index in [1.54, 1.807) is 18.0 Å². The van der Waals surface area contributed by atoms with Crippen LogP contribution in [0.25, 0.3) is 10.9 Å². The number of rotatable bonds is 8. The Morgan fingerprint density at radius 3 is 2.58 bits per heavy atom. The van der Waals surface area contributed by atoms with Crippen molar-refractivity contribution in [3.05, 3.63) is 70.5 Å². The van der Waals surface area contributed by atoms with Crippen LogP contribution in [0.3, 0.4) is 0 Å². The summed E-state index contributed by atoms with van der Waals surface area (Å²) in [5.74, 6) is 0.340. The number of unbranched alkanes of at least 4 members (excludes halogenated alkanes) is 1. The van der Waals surface area contributed by atoms with Gasteiger partial charge in [0.2, 0.25) is 5.43 Å². The number of fused-ring (bicyclic) bond motifs is 3. The van der Waals surface area contributed by atoms with Crippen LogP contribution in [0.5, 0.6) is 0 Å². The van der Waals surface area contributed by atoms with Gasteiger partial charge in [0.05, 0.1) is 5.52 Å². The van der Waals surface area contributed by atoms with E-state index in [1.165, 1.54) is 6.42 Å². The van der Waals surface area contributed by atoms with E-state index in [0.29, 0.717) is 24.3 Å². The fraction of sp³-hybridized carbons (Fsp3) is 0.467. The van der Waals surface area contributed by atoms with Gasteiger partial charge in [-0.2, -0.15) is 0 Å². The van der Waals surface area contributed by atoms with Crippen LogP contribution in [-0.4, -0.2) is 28.2 Å². The lowest BCUT2D eigenvalue weighted by atomic mass is 9.68. The monoisotopic (exact) mass is 504 g/mol. The largest absolute Gasteiger partial charge is 0.396 e. The molecule has 0 radical (unpaired) electrons. The zero-order valence-corrected chi connectivity index (χ0v) is 22.2. The van der Waals surface area contributed by atoms with Crippen molar-refractivity contribution in [3.8, 4) is 0 Å². The highest BCUT2D eigenvalue weighted by Gasteiger charge is 2.59. The molecule has 6 heteroatoms. The third kappa shape index (κ3) is 4.50. The van der Waals surface area contributed by atoms with Gasteiger partial charge in [-0.05, 0) is 79.2 Å². The highest BCUT2D eigenvalue weighted by Crippen LogP contribution is 2.62. The van der Waals surface area contributed by atoms with Crippen molar-refractivity contribution >= 4 is 28.6 Å². The van der Waals surface area contributed by atoms with Crippen molar-refractivity contribution in [3.63, 3.8) is 0 Å². The minimum Gasteiger partial charge on any atom is -0.396 e. The molecule has 1 unspecified atom stereocenters. The van der Waals surface area contributed by atoms with Gasteiger partial charge < -0.3 is 15.0 Å². The van der Waals surface area contributed by atoms with E-state index in [1.807, 2.05) is 41.0 Å². The second-order valence-electron chi connectivity index (χ2n) is 11.4. The van der Waals surface area contributed by atoms with Crippen molar-refractivity contribution in [1.29, 1.82) is 0 Å². The van der Waals surface area contributed by atoms with E-state index in [4.69, 9.17) is 0 Å². The first-order chi connectivity index (χ1) is 17.2. The Balaban J connectivity index is 1.50. The molecule has 3 atom stereocenters. The topological polar surface area (TPSA) is 71.3 Å². The summed E-state index contributed by atoms with van der Waals surface area (Å²) in [6.07, 6.45) is 6.64. The minimum atomic E-state index is -0.271. The molecule has 190 valence electrons. The van der Waals surface area contributed by atoms with Gasteiger partial charge in [0.15, 0.2) is 0 Å². The van der Waals surface area contributed by atoms with Gasteiger partial charge in [-0.15, -0.1) is 0 Å². The summed E-state index contributed by atoms with van der Waals surface area (Å²) >= 11 is 1.65. The normalized spacial score (nSPS) is 24.3. The Hall–Kier alpha value is -2.57. The molecule has 1 heterocycles. The number of aliphatic hydroxyl groups excluding tert-OH is 1. The zero-order valence-electron chi connectivity index (χ0n) is 21.4. The number of aromatic nitrogens is 1. The van der Waals surface area contributed by atoms with Gasteiger partial charge in [0, 0.05) is 40.6 Å². The number of carbonyl (C=O) groups is 1. The van der Waals surface area contributed by atoms with Gasteiger partial charge in [0.25, 0.3) is 5.91 Å². The molecule has 5 rings (SSSR count). The van der Waals surface area contributed by atoms with Gasteiger partial charge in [-0.1, -0.05) is 50.7 Å². The summed E-state index contributed by atoms with van der Waals surface area (Å²) in [6, 6.07) is 16.0. The maximum Gasteiger partial charge on any atom is 0.257 e. The van der Waals surface area contributed by atoms with Gasteiger partial charge in [0.1, 0.15) is 5.56 Å². The summed E-state index contributed by atoms with van der Waals surface area (Å²) < 4.78 is 2.02. The van der Waals surface area contributed by atoms with Gasteiger partial charge in [-0.25, -0.2) is 0 Å². The van der Waals surface area contributed by atoms with Crippen molar-refractivity contribution < 1.29 is 9.90 Å². The molecule has 2 saturated carbocycles. The number of benzene rings is 2. The first-order valence-corrected chi connectivity index (χ1v) is 13.9. The molecular formula is C30H36N2O3S. The lowest BCUT2D eigenvalue weighted by molar-refractivity contribution is 0.0736. The van der Waals surface area contributed by atoms with Crippen LogP contribution in [0.1, 0.15) is 63.2 Å². The number of hydrogen-bond donors (Lipinski definition) is 2. The summed E-state index contributed by atoms with van der Waals surface area (Å²) in [5.41, 5.74) is 0.913. The van der Waals surface area contributed by atoms with Crippen LogP contribution in [0.4, 0.5) is 0 Å². The minimum absolute atomic E-state index is 0.0171. The molecule has 1 amide bonds. The van der Waals surface area contributed by atoms with Crippen LogP contribution in [0.2, 0.25) is 0 Å². The molecule has 2 aliphatic carbocycles. The van der Waals surface area contributed by atoms with E-state index in [-0.39, 0.29) is 40.4 Å².